The van der Waals surface area contributed by atoms with Gasteiger partial charge in [0.25, 0.3) is 0 Å². The van der Waals surface area contributed by atoms with Gasteiger partial charge in [-0.05, 0) is 35.5 Å². The van der Waals surface area contributed by atoms with Crippen molar-refractivity contribution in [3.05, 3.63) is 35.4 Å². The fourth-order valence-electron chi connectivity index (χ4n) is 3.81. The summed E-state index contributed by atoms with van der Waals surface area (Å²) in [6.07, 6.45) is 2.55. The molecule has 0 unspecified atom stereocenters. The Morgan fingerprint density at radius 1 is 1.04 bits per heavy atom. The van der Waals surface area contributed by atoms with E-state index >= 15 is 0 Å². The predicted octanol–water partition coefficient (Wildman–Crippen LogP) is 5.84. The summed E-state index contributed by atoms with van der Waals surface area (Å²) < 4.78 is 6.44. The van der Waals surface area contributed by atoms with E-state index in [-0.39, 0.29) is 5.97 Å². The molecule has 0 aliphatic carbocycles. The Morgan fingerprint density at radius 3 is 2.08 bits per heavy atom. The lowest BCUT2D eigenvalue weighted by Crippen LogP contribution is -2.48. The monoisotopic (exact) mass is 377 g/mol. The van der Waals surface area contributed by atoms with Gasteiger partial charge in [-0.15, -0.1) is 0 Å². The average molecular weight is 378 g/mol. The second kappa shape index (κ2) is 10.6. The number of aryl methyl sites for hydroxylation is 1. The molecule has 5 heteroatoms. The zero-order chi connectivity index (χ0) is 19.7. The third kappa shape index (κ3) is 6.36. The third-order valence-electron chi connectivity index (χ3n) is 5.02. The number of carbonyl (C=O) groups is 1. The van der Waals surface area contributed by atoms with E-state index in [1.54, 1.807) is 6.21 Å². The van der Waals surface area contributed by atoms with E-state index in [1.807, 2.05) is 31.2 Å². The van der Waals surface area contributed by atoms with Crippen molar-refractivity contribution in [2.45, 2.75) is 77.9 Å². The van der Waals surface area contributed by atoms with Crippen molar-refractivity contribution in [1.82, 2.24) is 0 Å². The van der Waals surface area contributed by atoms with Gasteiger partial charge >= 0.3 is 5.97 Å². The zero-order valence-corrected chi connectivity index (χ0v) is 18.4. The van der Waals surface area contributed by atoms with E-state index in [0.29, 0.717) is 36.1 Å². The highest BCUT2D eigenvalue weighted by Crippen LogP contribution is 2.42. The smallest absolute Gasteiger partial charge is 0.335 e. The normalized spacial score (nSPS) is 12.5. The van der Waals surface area contributed by atoms with Crippen LogP contribution < -0.4 is 0 Å². The largest absolute Gasteiger partial charge is 0.416 e. The van der Waals surface area contributed by atoms with Crippen molar-refractivity contribution >= 4 is 20.5 Å². The number of nitrogens with zero attached hydrogens (tertiary/aromatic N) is 1. The van der Waals surface area contributed by atoms with E-state index < -0.39 is 8.32 Å². The highest BCUT2D eigenvalue weighted by Gasteiger charge is 2.44. The summed E-state index contributed by atoms with van der Waals surface area (Å²) in [4.78, 5) is 16.8. The van der Waals surface area contributed by atoms with Crippen LogP contribution in [0.25, 0.3) is 0 Å². The number of hydrogen-bond acceptors (Lipinski definition) is 4. The molecule has 1 rings (SSSR count). The molecule has 0 saturated carbocycles. The number of rotatable bonds is 10. The lowest BCUT2D eigenvalue weighted by atomic mass is 10.2. The van der Waals surface area contributed by atoms with Gasteiger partial charge in [-0.25, -0.2) is 4.79 Å². The van der Waals surface area contributed by atoms with Gasteiger partial charge in [0.05, 0.1) is 12.6 Å². The topological polar surface area (TPSA) is 47.9 Å². The minimum atomic E-state index is -1.86. The Kier molecular flexibility index (Phi) is 9.23. The standard InChI is InChI=1S/C21H35NO3Si/c1-16(2)26(17(3)4,18(5)6)24-14-8-9-21(23)25-22-15-20-12-10-19(7)11-13-20/h10-13,15-18H,8-9,14H2,1-7H3/b22-15+. The Labute approximate surface area is 160 Å². The van der Waals surface area contributed by atoms with Crippen LogP contribution >= 0.6 is 0 Å². The van der Waals surface area contributed by atoms with Gasteiger partial charge in [0.1, 0.15) is 0 Å². The molecule has 0 heterocycles. The van der Waals surface area contributed by atoms with Crippen LogP contribution in [0, 0.1) is 6.92 Å². The number of benzene rings is 1. The SMILES string of the molecule is Cc1ccc(/C=N/OC(=O)CCCO[Si](C(C)C)(C(C)C)C(C)C)cc1. The van der Waals surface area contributed by atoms with Crippen molar-refractivity contribution in [3.8, 4) is 0 Å². The molecule has 0 bridgehead atoms. The maximum atomic E-state index is 11.8. The molecule has 0 aromatic heterocycles. The molecule has 0 aliphatic rings. The first-order valence-corrected chi connectivity index (χ1v) is 11.8. The van der Waals surface area contributed by atoms with Crippen LogP contribution in [0.1, 0.15) is 65.5 Å². The maximum Gasteiger partial charge on any atom is 0.335 e. The number of carbonyl (C=O) groups excluding carboxylic acids is 1. The van der Waals surface area contributed by atoms with Crippen molar-refractivity contribution in [1.29, 1.82) is 0 Å². The van der Waals surface area contributed by atoms with Crippen molar-refractivity contribution in [2.75, 3.05) is 6.61 Å². The molecular formula is C21H35NO3Si. The maximum absolute atomic E-state index is 11.8. The van der Waals surface area contributed by atoms with E-state index in [4.69, 9.17) is 9.26 Å². The first-order valence-electron chi connectivity index (χ1n) is 9.64. The molecule has 0 fully saturated rings. The van der Waals surface area contributed by atoms with Gasteiger partial charge in [0.15, 0.2) is 8.32 Å². The summed E-state index contributed by atoms with van der Waals surface area (Å²) in [5, 5.41) is 3.78. The quantitative estimate of drug-likeness (QED) is 0.169. The lowest BCUT2D eigenvalue weighted by Gasteiger charge is -2.42. The minimum absolute atomic E-state index is 0.317. The molecule has 1 aromatic rings. The highest BCUT2D eigenvalue weighted by molar-refractivity contribution is 6.77. The second-order valence-corrected chi connectivity index (χ2v) is 13.3. The highest BCUT2D eigenvalue weighted by atomic mass is 28.4. The van der Waals surface area contributed by atoms with Crippen LogP contribution in [0.3, 0.4) is 0 Å². The summed E-state index contributed by atoms with van der Waals surface area (Å²) in [6.45, 7) is 16.2. The molecule has 0 N–H and O–H groups in total. The van der Waals surface area contributed by atoms with Crippen molar-refractivity contribution in [2.24, 2.45) is 5.16 Å². The van der Waals surface area contributed by atoms with Crippen LogP contribution in [-0.2, 0) is 14.1 Å². The van der Waals surface area contributed by atoms with Crippen LogP contribution in [0.4, 0.5) is 0 Å². The molecule has 26 heavy (non-hydrogen) atoms. The molecular weight excluding hydrogens is 342 g/mol. The summed E-state index contributed by atoms with van der Waals surface area (Å²) in [7, 11) is -1.86. The third-order valence-corrected chi connectivity index (χ3v) is 11.1. The molecule has 146 valence electrons. The van der Waals surface area contributed by atoms with Gasteiger partial charge in [0.2, 0.25) is 0 Å². The van der Waals surface area contributed by atoms with Crippen LogP contribution in [0.2, 0.25) is 16.6 Å². The minimum Gasteiger partial charge on any atom is -0.416 e. The molecule has 0 atom stereocenters. The van der Waals surface area contributed by atoms with Gasteiger partial charge in [-0.2, -0.15) is 0 Å². The van der Waals surface area contributed by atoms with E-state index in [2.05, 4.69) is 46.7 Å². The van der Waals surface area contributed by atoms with Crippen LogP contribution in [0.15, 0.2) is 29.4 Å². The second-order valence-electron chi connectivity index (χ2n) is 7.88. The Morgan fingerprint density at radius 2 is 1.58 bits per heavy atom. The lowest BCUT2D eigenvalue weighted by molar-refractivity contribution is -0.143. The van der Waals surface area contributed by atoms with E-state index in [9.17, 15) is 4.79 Å². The van der Waals surface area contributed by atoms with Gasteiger partial charge in [-0.3, -0.25) is 0 Å². The van der Waals surface area contributed by atoms with Crippen molar-refractivity contribution < 1.29 is 14.1 Å². The number of hydrogen-bond donors (Lipinski definition) is 0. The molecule has 0 spiro atoms. The first kappa shape index (κ1) is 22.6. The fraction of sp³-hybridized carbons (Fsp3) is 0.619. The van der Waals surface area contributed by atoms with Gasteiger partial charge in [0, 0.05) is 6.61 Å². The molecule has 4 nitrogen and oxygen atoms in total. The molecule has 0 amide bonds. The molecule has 1 aromatic carbocycles. The molecule has 0 radical (unpaired) electrons. The Hall–Kier alpha value is -1.46. The predicted molar refractivity (Wildman–Crippen MR) is 111 cm³/mol. The Balaban J connectivity index is 2.42. The van der Waals surface area contributed by atoms with Gasteiger partial charge in [-0.1, -0.05) is 76.5 Å². The average Bonchev–Trinajstić information content (AvgIpc) is 2.55. The number of oxime groups is 1. The summed E-state index contributed by atoms with van der Waals surface area (Å²) >= 11 is 0. The van der Waals surface area contributed by atoms with E-state index in [0.717, 1.165) is 5.56 Å². The summed E-state index contributed by atoms with van der Waals surface area (Å²) in [6, 6.07) is 7.87. The summed E-state index contributed by atoms with van der Waals surface area (Å²) in [5.74, 6) is -0.317. The molecule has 0 saturated heterocycles. The first-order chi connectivity index (χ1) is 12.2. The van der Waals surface area contributed by atoms with Crippen molar-refractivity contribution in [3.63, 3.8) is 0 Å². The van der Waals surface area contributed by atoms with Gasteiger partial charge < -0.3 is 9.26 Å². The van der Waals surface area contributed by atoms with Crippen LogP contribution in [0.5, 0.6) is 0 Å². The van der Waals surface area contributed by atoms with Crippen LogP contribution in [-0.4, -0.2) is 27.1 Å². The fourth-order valence-corrected chi connectivity index (χ4v) is 9.31. The molecule has 0 aliphatic heterocycles. The Bertz CT molecular complexity index is 558. The zero-order valence-electron chi connectivity index (χ0n) is 17.4. The van der Waals surface area contributed by atoms with E-state index in [1.165, 1.54) is 5.56 Å². The summed E-state index contributed by atoms with van der Waals surface area (Å²) in [5.41, 5.74) is 3.74.